The van der Waals surface area contributed by atoms with Crippen LogP contribution in [0, 0.1) is 19.7 Å². The minimum atomic E-state index is -0.552. The molecule has 1 heterocycles. The summed E-state index contributed by atoms with van der Waals surface area (Å²) in [5, 5.41) is 2.77. The maximum absolute atomic E-state index is 13.7. The molecule has 0 radical (unpaired) electrons. The Morgan fingerprint density at radius 1 is 1.35 bits per heavy atom. The highest BCUT2D eigenvalue weighted by atomic mass is 79.9. The van der Waals surface area contributed by atoms with Gasteiger partial charge in [0.2, 0.25) is 0 Å². The Morgan fingerprint density at radius 2 is 2.05 bits per heavy atom. The minimum Gasteiger partial charge on any atom is -0.466 e. The highest BCUT2D eigenvalue weighted by Crippen LogP contribution is 2.22. The predicted octanol–water partition coefficient (Wildman–Crippen LogP) is 4.29. The summed E-state index contributed by atoms with van der Waals surface area (Å²) < 4.78 is 19.8. The third-order valence-electron chi connectivity index (χ3n) is 3.07. The van der Waals surface area contributed by atoms with Crippen LogP contribution in [0.15, 0.2) is 33.2 Å². The number of carbonyl (C=O) groups is 1. The summed E-state index contributed by atoms with van der Waals surface area (Å²) in [6.07, 6.45) is 0. The Hall–Kier alpha value is -1.62. The van der Waals surface area contributed by atoms with E-state index in [9.17, 15) is 9.18 Å². The molecule has 0 saturated heterocycles. The number of aryl methyl sites for hydroxylation is 2. The molecule has 106 valence electrons. The summed E-state index contributed by atoms with van der Waals surface area (Å²) in [7, 11) is 0. The molecule has 1 aromatic carbocycles. The van der Waals surface area contributed by atoms with Gasteiger partial charge in [-0.05, 0) is 45.0 Å². The van der Waals surface area contributed by atoms with Gasteiger partial charge < -0.3 is 9.73 Å². The lowest BCUT2D eigenvalue weighted by atomic mass is 10.1. The molecule has 1 aromatic heterocycles. The van der Waals surface area contributed by atoms with Crippen molar-refractivity contribution in [3.8, 4) is 0 Å². The van der Waals surface area contributed by atoms with E-state index in [1.165, 1.54) is 12.1 Å². The highest BCUT2D eigenvalue weighted by Gasteiger charge is 2.18. The van der Waals surface area contributed by atoms with E-state index < -0.39 is 11.7 Å². The summed E-state index contributed by atoms with van der Waals surface area (Å²) >= 11 is 3.16. The van der Waals surface area contributed by atoms with Crippen molar-refractivity contribution in [1.82, 2.24) is 5.32 Å². The third-order valence-corrected chi connectivity index (χ3v) is 3.56. The van der Waals surface area contributed by atoms with Crippen LogP contribution >= 0.6 is 15.9 Å². The molecule has 0 bridgehead atoms. The summed E-state index contributed by atoms with van der Waals surface area (Å²) in [4.78, 5) is 12.1. The van der Waals surface area contributed by atoms with Crippen molar-refractivity contribution in [1.29, 1.82) is 0 Å². The van der Waals surface area contributed by atoms with E-state index >= 15 is 0 Å². The predicted molar refractivity (Wildman–Crippen MR) is 78.2 cm³/mol. The number of hydrogen-bond donors (Lipinski definition) is 1. The maximum atomic E-state index is 13.7. The fourth-order valence-corrected chi connectivity index (χ4v) is 2.44. The molecule has 0 aliphatic carbocycles. The number of hydrogen-bond acceptors (Lipinski definition) is 2. The van der Waals surface area contributed by atoms with Gasteiger partial charge in [-0.15, -0.1) is 0 Å². The molecule has 0 saturated carbocycles. The second kappa shape index (κ2) is 5.79. The molecule has 20 heavy (non-hydrogen) atoms. The first-order valence-corrected chi connectivity index (χ1v) is 7.00. The van der Waals surface area contributed by atoms with Crippen LogP contribution in [0.4, 0.5) is 4.39 Å². The Kier molecular flexibility index (Phi) is 4.28. The molecule has 0 aliphatic rings. The number of benzene rings is 1. The molecule has 2 rings (SSSR count). The van der Waals surface area contributed by atoms with Crippen LogP contribution in [0.5, 0.6) is 0 Å². The molecule has 3 nitrogen and oxygen atoms in total. The Bertz CT molecular complexity index is 651. The van der Waals surface area contributed by atoms with Crippen LogP contribution in [0.3, 0.4) is 0 Å². The van der Waals surface area contributed by atoms with E-state index in [4.69, 9.17) is 4.42 Å². The normalized spacial score (nSPS) is 12.2. The van der Waals surface area contributed by atoms with Gasteiger partial charge in [-0.1, -0.05) is 15.9 Å². The summed E-state index contributed by atoms with van der Waals surface area (Å²) in [5.41, 5.74) is 0.922. The number of amides is 1. The zero-order valence-electron chi connectivity index (χ0n) is 11.5. The molecule has 1 N–H and O–H groups in total. The Morgan fingerprint density at radius 3 is 2.60 bits per heavy atom. The number of nitrogens with one attached hydrogen (secondary N) is 1. The van der Waals surface area contributed by atoms with Crippen molar-refractivity contribution >= 4 is 21.8 Å². The quantitative estimate of drug-likeness (QED) is 0.906. The van der Waals surface area contributed by atoms with E-state index in [1.807, 2.05) is 26.8 Å². The zero-order valence-corrected chi connectivity index (χ0v) is 13.0. The van der Waals surface area contributed by atoms with E-state index in [-0.39, 0.29) is 11.6 Å². The second-order valence-corrected chi connectivity index (χ2v) is 5.60. The molecule has 2 aromatic rings. The molecular formula is C15H15BrFNO2. The van der Waals surface area contributed by atoms with Gasteiger partial charge in [-0.25, -0.2) is 4.39 Å². The number of halogens is 2. The van der Waals surface area contributed by atoms with Gasteiger partial charge in [0.1, 0.15) is 17.3 Å². The van der Waals surface area contributed by atoms with Gasteiger partial charge in [0.25, 0.3) is 5.91 Å². The van der Waals surface area contributed by atoms with Crippen LogP contribution in [0.1, 0.15) is 40.4 Å². The lowest BCUT2D eigenvalue weighted by molar-refractivity contribution is 0.0935. The van der Waals surface area contributed by atoms with Crippen molar-refractivity contribution in [2.45, 2.75) is 26.8 Å². The summed E-state index contributed by atoms with van der Waals surface area (Å²) in [5.74, 6) is 0.546. The van der Waals surface area contributed by atoms with E-state index in [0.29, 0.717) is 4.47 Å². The Balaban J connectivity index is 2.17. The lowest BCUT2D eigenvalue weighted by Gasteiger charge is -2.13. The molecule has 0 spiro atoms. The minimum absolute atomic E-state index is 0.0259. The summed E-state index contributed by atoms with van der Waals surface area (Å²) in [6, 6.07) is 5.98. The number of carbonyl (C=O) groups excluding carboxylic acids is 1. The monoisotopic (exact) mass is 339 g/mol. The zero-order chi connectivity index (χ0) is 14.9. The van der Waals surface area contributed by atoms with Gasteiger partial charge in [0.05, 0.1) is 11.6 Å². The molecule has 1 unspecified atom stereocenters. The highest BCUT2D eigenvalue weighted by molar-refractivity contribution is 9.10. The van der Waals surface area contributed by atoms with Crippen LogP contribution in [-0.2, 0) is 0 Å². The maximum Gasteiger partial charge on any atom is 0.254 e. The second-order valence-electron chi connectivity index (χ2n) is 4.69. The fourth-order valence-electron chi connectivity index (χ4n) is 2.11. The fraction of sp³-hybridized carbons (Fsp3) is 0.267. The molecule has 0 aliphatic heterocycles. The van der Waals surface area contributed by atoms with Gasteiger partial charge in [0.15, 0.2) is 0 Å². The van der Waals surface area contributed by atoms with Crippen LogP contribution in [0.2, 0.25) is 0 Å². The van der Waals surface area contributed by atoms with Crippen molar-refractivity contribution < 1.29 is 13.6 Å². The van der Waals surface area contributed by atoms with Crippen molar-refractivity contribution in [3.05, 3.63) is 57.2 Å². The lowest BCUT2D eigenvalue weighted by Crippen LogP contribution is -2.27. The first kappa shape index (κ1) is 14.8. The van der Waals surface area contributed by atoms with Gasteiger partial charge in [-0.2, -0.15) is 0 Å². The van der Waals surface area contributed by atoms with E-state index in [2.05, 4.69) is 21.2 Å². The molecule has 1 atom stereocenters. The molecule has 5 heteroatoms. The van der Waals surface area contributed by atoms with Crippen molar-refractivity contribution in [2.24, 2.45) is 0 Å². The molecule has 1 amide bonds. The van der Waals surface area contributed by atoms with Crippen LogP contribution in [0.25, 0.3) is 0 Å². The number of rotatable bonds is 3. The first-order chi connectivity index (χ1) is 9.38. The van der Waals surface area contributed by atoms with E-state index in [0.717, 1.165) is 17.1 Å². The average Bonchev–Trinajstić information content (AvgIpc) is 2.68. The standard InChI is InChI=1S/C15H15BrFNO2/c1-8-6-13(10(3)20-8)9(2)18-15(19)12-5-4-11(16)7-14(12)17/h4-7,9H,1-3H3,(H,18,19). The smallest absolute Gasteiger partial charge is 0.254 e. The van der Waals surface area contributed by atoms with Gasteiger partial charge in [-0.3, -0.25) is 4.79 Å². The summed E-state index contributed by atoms with van der Waals surface area (Å²) in [6.45, 7) is 5.52. The number of furan rings is 1. The van der Waals surface area contributed by atoms with Crippen molar-refractivity contribution in [3.63, 3.8) is 0 Å². The van der Waals surface area contributed by atoms with E-state index in [1.54, 1.807) is 6.07 Å². The SMILES string of the molecule is Cc1cc(C(C)NC(=O)c2ccc(Br)cc2F)c(C)o1. The topological polar surface area (TPSA) is 42.2 Å². The first-order valence-electron chi connectivity index (χ1n) is 6.21. The van der Waals surface area contributed by atoms with Gasteiger partial charge >= 0.3 is 0 Å². The Labute approximate surface area is 125 Å². The third kappa shape index (κ3) is 3.10. The van der Waals surface area contributed by atoms with Crippen molar-refractivity contribution in [2.75, 3.05) is 0 Å². The van der Waals surface area contributed by atoms with Gasteiger partial charge in [0, 0.05) is 10.0 Å². The van der Waals surface area contributed by atoms with Crippen LogP contribution in [-0.4, -0.2) is 5.91 Å². The largest absolute Gasteiger partial charge is 0.466 e. The molecular weight excluding hydrogens is 325 g/mol. The molecule has 0 fully saturated rings. The average molecular weight is 340 g/mol. The van der Waals surface area contributed by atoms with Crippen LogP contribution < -0.4 is 5.32 Å².